The number of carboxylic acids is 1. The van der Waals surface area contributed by atoms with Crippen molar-refractivity contribution in [3.8, 4) is 0 Å². The predicted octanol–water partition coefficient (Wildman–Crippen LogP) is 5.43. The molecule has 1 heterocycles. The van der Waals surface area contributed by atoms with Crippen molar-refractivity contribution < 1.29 is 23.1 Å². The minimum absolute atomic E-state index is 0.00706. The van der Waals surface area contributed by atoms with E-state index in [1.165, 1.54) is 12.1 Å². The van der Waals surface area contributed by atoms with Gasteiger partial charge in [-0.05, 0) is 72.1 Å². The lowest BCUT2D eigenvalue weighted by Crippen LogP contribution is -2.39. The molecular weight excluding hydrogens is 478 g/mol. The van der Waals surface area contributed by atoms with E-state index >= 15 is 0 Å². The zero-order valence-corrected chi connectivity index (χ0v) is 22.4. The Labute approximate surface area is 214 Å². The van der Waals surface area contributed by atoms with Crippen LogP contribution in [0.25, 0.3) is 0 Å². The van der Waals surface area contributed by atoms with E-state index in [1.54, 1.807) is 12.1 Å². The number of nitrogens with one attached hydrogen (secondary N) is 2. The molecular formula is C27H37N3O5S. The maximum Gasteiger partial charge on any atom is 0.323 e. The molecule has 3 rings (SSSR count). The van der Waals surface area contributed by atoms with Crippen LogP contribution in [0.1, 0.15) is 52.0 Å². The number of carboxylic acid groups (broad SMARTS) is 1. The Morgan fingerprint density at radius 1 is 1.03 bits per heavy atom. The Morgan fingerprint density at radius 3 is 2.17 bits per heavy atom. The Morgan fingerprint density at radius 2 is 1.64 bits per heavy atom. The second-order valence-electron chi connectivity index (χ2n) is 10.5. The molecule has 2 aromatic rings. The van der Waals surface area contributed by atoms with E-state index < -0.39 is 21.8 Å². The van der Waals surface area contributed by atoms with Crippen LogP contribution in [0.4, 0.5) is 21.9 Å². The topological polar surface area (TPSA) is 116 Å². The van der Waals surface area contributed by atoms with Gasteiger partial charge in [-0.25, -0.2) is 13.2 Å². The third-order valence-corrected chi connectivity index (χ3v) is 7.77. The highest BCUT2D eigenvalue weighted by Gasteiger charge is 2.26. The molecule has 0 bridgehead atoms. The van der Waals surface area contributed by atoms with Crippen LogP contribution in [0.3, 0.4) is 0 Å². The molecule has 3 atom stereocenters. The van der Waals surface area contributed by atoms with Crippen LogP contribution in [-0.4, -0.2) is 44.9 Å². The fourth-order valence-corrected chi connectivity index (χ4v) is 5.65. The number of piperidine rings is 1. The third kappa shape index (κ3) is 7.22. The molecule has 8 nitrogen and oxygen atoms in total. The molecule has 36 heavy (non-hydrogen) atoms. The normalized spacial score (nSPS) is 19.1. The highest BCUT2D eigenvalue weighted by molar-refractivity contribution is 7.90. The first kappa shape index (κ1) is 27.5. The number of benzene rings is 2. The van der Waals surface area contributed by atoms with Crippen molar-refractivity contribution >= 4 is 38.9 Å². The first-order valence-corrected chi connectivity index (χ1v) is 14.2. The largest absolute Gasteiger partial charge is 0.481 e. The number of rotatable bonds is 8. The predicted molar refractivity (Wildman–Crippen MR) is 144 cm³/mol. The minimum Gasteiger partial charge on any atom is -0.481 e. The van der Waals surface area contributed by atoms with Gasteiger partial charge in [0, 0.05) is 25.0 Å². The van der Waals surface area contributed by atoms with E-state index in [9.17, 15) is 23.1 Å². The van der Waals surface area contributed by atoms with Gasteiger partial charge in [0.1, 0.15) is 0 Å². The van der Waals surface area contributed by atoms with E-state index in [1.807, 2.05) is 32.0 Å². The Bertz CT molecular complexity index is 1180. The summed E-state index contributed by atoms with van der Waals surface area (Å²) in [7, 11) is -3.33. The average Bonchev–Trinajstić information content (AvgIpc) is 2.76. The fraction of sp³-hybridized carbons (Fsp3) is 0.481. The number of hydrogen-bond acceptors (Lipinski definition) is 5. The van der Waals surface area contributed by atoms with Gasteiger partial charge in [-0.15, -0.1) is 0 Å². The summed E-state index contributed by atoms with van der Waals surface area (Å²) >= 11 is 0. The van der Waals surface area contributed by atoms with E-state index in [2.05, 4.69) is 29.4 Å². The van der Waals surface area contributed by atoms with Gasteiger partial charge in [-0.2, -0.15) is 0 Å². The smallest absolute Gasteiger partial charge is 0.323 e. The van der Waals surface area contributed by atoms with Crippen LogP contribution in [0.2, 0.25) is 0 Å². The van der Waals surface area contributed by atoms with Crippen molar-refractivity contribution in [2.24, 2.45) is 17.8 Å². The molecule has 2 aromatic carbocycles. The summed E-state index contributed by atoms with van der Waals surface area (Å²) in [6.07, 6.45) is 2.29. The molecule has 2 amide bonds. The summed E-state index contributed by atoms with van der Waals surface area (Å²) in [5.74, 6) is 0.0823. The van der Waals surface area contributed by atoms with Crippen molar-refractivity contribution in [3.05, 3.63) is 48.0 Å². The van der Waals surface area contributed by atoms with Crippen LogP contribution >= 0.6 is 0 Å². The number of sulfone groups is 1. The number of urea groups is 1. The van der Waals surface area contributed by atoms with Crippen molar-refractivity contribution in [2.45, 2.75) is 51.3 Å². The van der Waals surface area contributed by atoms with Gasteiger partial charge in [-0.1, -0.05) is 33.8 Å². The molecule has 0 spiro atoms. The molecule has 0 aromatic heterocycles. The monoisotopic (exact) mass is 515 g/mol. The lowest BCUT2D eigenvalue weighted by molar-refractivity contribution is -0.137. The van der Waals surface area contributed by atoms with Crippen LogP contribution in [0.5, 0.6) is 0 Å². The van der Waals surface area contributed by atoms with Gasteiger partial charge < -0.3 is 20.6 Å². The molecule has 1 aliphatic heterocycles. The maximum atomic E-state index is 13.0. The summed E-state index contributed by atoms with van der Waals surface area (Å²) in [5.41, 5.74) is 2.85. The number of hydrogen-bond donors (Lipinski definition) is 3. The summed E-state index contributed by atoms with van der Waals surface area (Å²) in [6.45, 7) is 10.2. The molecule has 196 valence electrons. The molecule has 3 N–H and O–H groups in total. The number of carbonyl (C=O) groups excluding carboxylic acids is 1. The second kappa shape index (κ2) is 11.3. The standard InChI is InChI=1S/C27H37N3O5S/c1-17(2)23(14-26(31)32)20-6-11-25(30-15-18(3)12-19(4)16-30)24(13-20)29-27(33)28-21-7-9-22(10-8-21)36(5,34)35/h6-11,13,17-19,23H,12,14-16H2,1-5H3,(H,31,32)(H2,28,29,33). The van der Waals surface area contributed by atoms with E-state index in [-0.39, 0.29) is 23.2 Å². The number of anilines is 3. The maximum absolute atomic E-state index is 13.0. The third-order valence-electron chi connectivity index (χ3n) is 6.65. The van der Waals surface area contributed by atoms with E-state index in [0.29, 0.717) is 23.2 Å². The Hall–Kier alpha value is -3.07. The van der Waals surface area contributed by atoms with Crippen molar-refractivity contribution in [3.63, 3.8) is 0 Å². The van der Waals surface area contributed by atoms with E-state index in [0.717, 1.165) is 37.0 Å². The molecule has 1 fully saturated rings. The molecule has 0 radical (unpaired) electrons. The zero-order chi connectivity index (χ0) is 26.6. The number of aliphatic carboxylic acids is 1. The van der Waals surface area contributed by atoms with Crippen molar-refractivity contribution in [1.82, 2.24) is 0 Å². The highest BCUT2D eigenvalue weighted by atomic mass is 32.2. The first-order valence-electron chi connectivity index (χ1n) is 12.3. The lowest BCUT2D eigenvalue weighted by Gasteiger charge is -2.38. The molecule has 0 saturated carbocycles. The quantitative estimate of drug-likeness (QED) is 0.432. The summed E-state index contributed by atoms with van der Waals surface area (Å²) < 4.78 is 23.4. The SMILES string of the molecule is CC1CC(C)CN(c2ccc(C(CC(=O)O)C(C)C)cc2NC(=O)Nc2ccc(S(C)(=O)=O)cc2)C1. The van der Waals surface area contributed by atoms with Crippen LogP contribution in [0.15, 0.2) is 47.4 Å². The van der Waals surface area contributed by atoms with Gasteiger partial charge in [-0.3, -0.25) is 4.79 Å². The molecule has 3 unspecified atom stereocenters. The highest BCUT2D eigenvalue weighted by Crippen LogP contribution is 2.37. The first-order chi connectivity index (χ1) is 16.8. The van der Waals surface area contributed by atoms with Crippen LogP contribution in [-0.2, 0) is 14.6 Å². The van der Waals surface area contributed by atoms with Crippen molar-refractivity contribution in [1.29, 1.82) is 0 Å². The average molecular weight is 516 g/mol. The minimum atomic E-state index is -3.33. The number of amides is 2. The second-order valence-corrected chi connectivity index (χ2v) is 12.5. The summed E-state index contributed by atoms with van der Waals surface area (Å²) in [6, 6.07) is 11.4. The molecule has 1 saturated heterocycles. The molecule has 9 heteroatoms. The zero-order valence-electron chi connectivity index (χ0n) is 21.6. The Balaban J connectivity index is 1.91. The van der Waals surface area contributed by atoms with Gasteiger partial charge in [0.05, 0.1) is 22.7 Å². The van der Waals surface area contributed by atoms with Gasteiger partial charge >= 0.3 is 12.0 Å². The number of carbonyl (C=O) groups is 2. The van der Waals surface area contributed by atoms with Crippen molar-refractivity contribution in [2.75, 3.05) is 34.9 Å². The Kier molecular flexibility index (Phi) is 8.66. The van der Waals surface area contributed by atoms with Crippen LogP contribution < -0.4 is 15.5 Å². The summed E-state index contributed by atoms with van der Waals surface area (Å²) in [4.78, 5) is 26.9. The summed E-state index contributed by atoms with van der Waals surface area (Å²) in [5, 5.41) is 15.2. The van der Waals surface area contributed by atoms with Gasteiger partial charge in [0.2, 0.25) is 0 Å². The lowest BCUT2D eigenvalue weighted by atomic mass is 9.85. The van der Waals surface area contributed by atoms with Gasteiger partial charge in [0.15, 0.2) is 9.84 Å². The van der Waals surface area contributed by atoms with Crippen LogP contribution in [0, 0.1) is 17.8 Å². The molecule has 0 aliphatic carbocycles. The van der Waals surface area contributed by atoms with E-state index in [4.69, 9.17) is 0 Å². The molecule has 1 aliphatic rings. The fourth-order valence-electron chi connectivity index (χ4n) is 5.02. The number of nitrogens with zero attached hydrogens (tertiary/aromatic N) is 1. The van der Waals surface area contributed by atoms with Gasteiger partial charge in [0.25, 0.3) is 0 Å².